The van der Waals surface area contributed by atoms with Crippen LogP contribution >= 0.6 is 11.6 Å². The topological polar surface area (TPSA) is 41.0 Å². The second kappa shape index (κ2) is 7.06. The van der Waals surface area contributed by atoms with Crippen LogP contribution in [0.15, 0.2) is 6.07 Å². The standard InChI is InChI=1S/C14H23ClN4/c1-11(10-19-6-4-3-5-7-19)9-16-13-8-12(2)17-14(15)18-13/h8,11H,3-7,9-10H2,1-2H3,(H,16,17,18). The Morgan fingerprint density at radius 3 is 2.74 bits per heavy atom. The highest BCUT2D eigenvalue weighted by molar-refractivity contribution is 6.28. The van der Waals surface area contributed by atoms with E-state index in [1.807, 2.05) is 13.0 Å². The summed E-state index contributed by atoms with van der Waals surface area (Å²) in [7, 11) is 0. The molecule has 2 heterocycles. The maximum atomic E-state index is 5.85. The predicted molar refractivity (Wildman–Crippen MR) is 79.7 cm³/mol. The van der Waals surface area contributed by atoms with E-state index in [0.29, 0.717) is 11.2 Å². The van der Waals surface area contributed by atoms with E-state index in [4.69, 9.17) is 11.6 Å². The van der Waals surface area contributed by atoms with E-state index in [-0.39, 0.29) is 0 Å². The number of rotatable bonds is 5. The van der Waals surface area contributed by atoms with Crippen molar-refractivity contribution >= 4 is 17.4 Å². The number of hydrogen-bond donors (Lipinski definition) is 1. The Kier molecular flexibility index (Phi) is 5.40. The first-order valence-corrected chi connectivity index (χ1v) is 7.48. The molecule has 0 saturated carbocycles. The van der Waals surface area contributed by atoms with Crippen molar-refractivity contribution in [1.82, 2.24) is 14.9 Å². The van der Waals surface area contributed by atoms with E-state index in [1.165, 1.54) is 32.4 Å². The maximum Gasteiger partial charge on any atom is 0.224 e. The molecular formula is C14H23ClN4. The number of nitrogens with one attached hydrogen (secondary N) is 1. The Morgan fingerprint density at radius 2 is 2.05 bits per heavy atom. The Balaban J connectivity index is 1.77. The molecule has 0 amide bonds. The van der Waals surface area contributed by atoms with Crippen LogP contribution in [0.1, 0.15) is 31.9 Å². The second-order valence-electron chi connectivity index (χ2n) is 5.51. The number of piperidine rings is 1. The third kappa shape index (κ3) is 4.96. The highest BCUT2D eigenvalue weighted by atomic mass is 35.5. The summed E-state index contributed by atoms with van der Waals surface area (Å²) < 4.78 is 0. The third-order valence-corrected chi connectivity index (χ3v) is 3.65. The van der Waals surface area contributed by atoms with Crippen LogP contribution in [0.2, 0.25) is 5.28 Å². The van der Waals surface area contributed by atoms with Crippen LogP contribution in [0, 0.1) is 12.8 Å². The molecule has 1 unspecified atom stereocenters. The zero-order valence-electron chi connectivity index (χ0n) is 11.8. The van der Waals surface area contributed by atoms with Gasteiger partial charge in [0.15, 0.2) is 0 Å². The summed E-state index contributed by atoms with van der Waals surface area (Å²) in [6.45, 7) is 8.78. The Bertz CT molecular complexity index is 384. The zero-order valence-corrected chi connectivity index (χ0v) is 12.6. The van der Waals surface area contributed by atoms with Crippen molar-refractivity contribution in [2.24, 2.45) is 5.92 Å². The van der Waals surface area contributed by atoms with Crippen LogP contribution in [0.3, 0.4) is 0 Å². The molecule has 1 aliphatic rings. The molecule has 0 bridgehead atoms. The highest BCUT2D eigenvalue weighted by Crippen LogP contribution is 2.13. The molecule has 5 heteroatoms. The van der Waals surface area contributed by atoms with Crippen LogP contribution in [0.5, 0.6) is 0 Å². The van der Waals surface area contributed by atoms with Gasteiger partial charge in [0.25, 0.3) is 0 Å². The minimum Gasteiger partial charge on any atom is -0.370 e. The van der Waals surface area contributed by atoms with Gasteiger partial charge in [0.2, 0.25) is 5.28 Å². The quantitative estimate of drug-likeness (QED) is 0.843. The number of likely N-dealkylation sites (tertiary alicyclic amines) is 1. The molecule has 1 atom stereocenters. The van der Waals surface area contributed by atoms with Gasteiger partial charge in [0.05, 0.1) is 0 Å². The van der Waals surface area contributed by atoms with Gasteiger partial charge in [-0.15, -0.1) is 0 Å². The van der Waals surface area contributed by atoms with E-state index < -0.39 is 0 Å². The van der Waals surface area contributed by atoms with E-state index in [0.717, 1.165) is 24.6 Å². The Morgan fingerprint density at radius 1 is 1.32 bits per heavy atom. The van der Waals surface area contributed by atoms with Crippen LogP contribution in [0.4, 0.5) is 5.82 Å². The van der Waals surface area contributed by atoms with E-state index in [1.54, 1.807) is 0 Å². The number of nitrogens with zero attached hydrogens (tertiary/aromatic N) is 3. The monoisotopic (exact) mass is 282 g/mol. The van der Waals surface area contributed by atoms with Crippen LogP contribution in [-0.2, 0) is 0 Å². The first-order valence-electron chi connectivity index (χ1n) is 7.11. The van der Waals surface area contributed by atoms with Crippen molar-refractivity contribution in [2.75, 3.05) is 31.5 Å². The largest absolute Gasteiger partial charge is 0.370 e. The lowest BCUT2D eigenvalue weighted by Crippen LogP contribution is -2.35. The van der Waals surface area contributed by atoms with Gasteiger partial charge in [0, 0.05) is 24.8 Å². The number of halogens is 1. The average Bonchev–Trinajstić information content (AvgIpc) is 2.36. The fourth-order valence-corrected chi connectivity index (χ4v) is 2.77. The van der Waals surface area contributed by atoms with Gasteiger partial charge in [0.1, 0.15) is 5.82 Å². The molecule has 2 rings (SSSR count). The van der Waals surface area contributed by atoms with E-state index in [9.17, 15) is 0 Å². The van der Waals surface area contributed by atoms with Crippen molar-refractivity contribution in [3.8, 4) is 0 Å². The number of anilines is 1. The fraction of sp³-hybridized carbons (Fsp3) is 0.714. The number of aromatic nitrogens is 2. The summed E-state index contributed by atoms with van der Waals surface area (Å²) in [6.07, 6.45) is 4.09. The molecule has 1 N–H and O–H groups in total. The molecule has 1 aliphatic heterocycles. The lowest BCUT2D eigenvalue weighted by molar-refractivity contribution is 0.204. The van der Waals surface area contributed by atoms with Crippen molar-refractivity contribution in [3.05, 3.63) is 17.0 Å². The third-order valence-electron chi connectivity index (χ3n) is 3.48. The zero-order chi connectivity index (χ0) is 13.7. The average molecular weight is 283 g/mol. The molecule has 1 fully saturated rings. The summed E-state index contributed by atoms with van der Waals surface area (Å²) in [5, 5.41) is 3.66. The molecule has 1 saturated heterocycles. The van der Waals surface area contributed by atoms with Crippen molar-refractivity contribution < 1.29 is 0 Å². The molecule has 106 valence electrons. The first kappa shape index (κ1) is 14.5. The van der Waals surface area contributed by atoms with Gasteiger partial charge in [-0.05, 0) is 50.4 Å². The lowest BCUT2D eigenvalue weighted by atomic mass is 10.1. The Hall–Kier alpha value is -0.870. The van der Waals surface area contributed by atoms with Crippen molar-refractivity contribution in [3.63, 3.8) is 0 Å². The van der Waals surface area contributed by atoms with Crippen LogP contribution in [0.25, 0.3) is 0 Å². The summed E-state index contributed by atoms with van der Waals surface area (Å²) >= 11 is 5.85. The van der Waals surface area contributed by atoms with E-state index >= 15 is 0 Å². The van der Waals surface area contributed by atoms with Crippen molar-refractivity contribution in [2.45, 2.75) is 33.1 Å². The van der Waals surface area contributed by atoms with Crippen LogP contribution in [-0.4, -0.2) is 41.0 Å². The fourth-order valence-electron chi connectivity index (χ4n) is 2.55. The lowest BCUT2D eigenvalue weighted by Gasteiger charge is -2.29. The SMILES string of the molecule is Cc1cc(NCC(C)CN2CCCCC2)nc(Cl)n1. The van der Waals surface area contributed by atoms with Gasteiger partial charge >= 0.3 is 0 Å². The second-order valence-corrected chi connectivity index (χ2v) is 5.85. The van der Waals surface area contributed by atoms with Gasteiger partial charge in [-0.25, -0.2) is 9.97 Å². The first-order chi connectivity index (χ1) is 9.13. The molecule has 0 aromatic carbocycles. The summed E-state index contributed by atoms with van der Waals surface area (Å²) in [5.41, 5.74) is 0.895. The molecule has 1 aromatic heterocycles. The van der Waals surface area contributed by atoms with Gasteiger partial charge in [-0.2, -0.15) is 0 Å². The molecule has 19 heavy (non-hydrogen) atoms. The number of aryl methyl sites for hydroxylation is 1. The van der Waals surface area contributed by atoms with Gasteiger partial charge < -0.3 is 10.2 Å². The smallest absolute Gasteiger partial charge is 0.224 e. The van der Waals surface area contributed by atoms with Gasteiger partial charge in [-0.1, -0.05) is 13.3 Å². The molecular weight excluding hydrogens is 260 g/mol. The molecule has 0 aliphatic carbocycles. The van der Waals surface area contributed by atoms with E-state index in [2.05, 4.69) is 27.1 Å². The summed E-state index contributed by atoms with van der Waals surface area (Å²) in [4.78, 5) is 10.8. The predicted octanol–water partition coefficient (Wildman–Crippen LogP) is 2.97. The minimum atomic E-state index is 0.311. The maximum absolute atomic E-state index is 5.85. The number of hydrogen-bond acceptors (Lipinski definition) is 4. The summed E-state index contributed by atoms with van der Waals surface area (Å²) in [6, 6.07) is 1.93. The molecule has 0 spiro atoms. The van der Waals surface area contributed by atoms with Crippen LogP contribution < -0.4 is 5.32 Å². The molecule has 4 nitrogen and oxygen atoms in total. The molecule has 0 radical (unpaired) electrons. The normalized spacial score (nSPS) is 18.3. The highest BCUT2D eigenvalue weighted by Gasteiger charge is 2.13. The Labute approximate surface area is 120 Å². The minimum absolute atomic E-state index is 0.311. The summed E-state index contributed by atoms with van der Waals surface area (Å²) in [5.74, 6) is 1.43. The van der Waals surface area contributed by atoms with Crippen molar-refractivity contribution in [1.29, 1.82) is 0 Å². The molecule has 1 aromatic rings. The van der Waals surface area contributed by atoms with Gasteiger partial charge in [-0.3, -0.25) is 0 Å².